The average molecular weight is 269 g/mol. The molecule has 18 heavy (non-hydrogen) atoms. The summed E-state index contributed by atoms with van der Waals surface area (Å²) in [5.41, 5.74) is 5.54. The van der Waals surface area contributed by atoms with Gasteiger partial charge in [-0.2, -0.15) is 0 Å². The highest BCUT2D eigenvalue weighted by Gasteiger charge is 2.19. The third-order valence-electron chi connectivity index (χ3n) is 2.60. The van der Waals surface area contributed by atoms with E-state index < -0.39 is 5.91 Å². The van der Waals surface area contributed by atoms with Crippen LogP contribution in [0.25, 0.3) is 0 Å². The predicted octanol–water partition coefficient (Wildman–Crippen LogP) is 0.164. The van der Waals surface area contributed by atoms with Crippen LogP contribution in [-0.2, 0) is 9.53 Å². The minimum atomic E-state index is -0.540. The lowest BCUT2D eigenvalue weighted by Gasteiger charge is -2.22. The average Bonchev–Trinajstić information content (AvgIpc) is 2.78. The number of carbonyl (C=O) groups excluding carboxylic acids is 2. The quantitative estimate of drug-likeness (QED) is 0.726. The zero-order valence-corrected chi connectivity index (χ0v) is 10.6. The first-order valence-corrected chi connectivity index (χ1v) is 6.54. The normalized spacial score (nSPS) is 19.4. The highest BCUT2D eigenvalue weighted by atomic mass is 32.1. The summed E-state index contributed by atoms with van der Waals surface area (Å²) in [4.78, 5) is 22.9. The summed E-state index contributed by atoms with van der Waals surface area (Å²) < 4.78 is 5.43. The molecule has 0 saturated carbocycles. The summed E-state index contributed by atoms with van der Waals surface area (Å²) in [5.74, 6) is -0.712. The van der Waals surface area contributed by atoms with Crippen LogP contribution in [0.4, 0.5) is 5.00 Å². The lowest BCUT2D eigenvalue weighted by molar-refractivity contribution is -0.119. The van der Waals surface area contributed by atoms with Crippen LogP contribution in [0.5, 0.6) is 0 Å². The Morgan fingerprint density at radius 3 is 3.11 bits per heavy atom. The molecule has 0 aliphatic carbocycles. The van der Waals surface area contributed by atoms with Crippen molar-refractivity contribution >= 4 is 28.2 Å². The number of amides is 2. The van der Waals surface area contributed by atoms with Crippen molar-refractivity contribution in [3.8, 4) is 0 Å². The van der Waals surface area contributed by atoms with Gasteiger partial charge in [0.2, 0.25) is 5.91 Å². The van der Waals surface area contributed by atoms with E-state index in [0.29, 0.717) is 23.7 Å². The van der Waals surface area contributed by atoms with E-state index in [0.717, 1.165) is 6.54 Å². The summed E-state index contributed by atoms with van der Waals surface area (Å²) in [6.45, 7) is 2.10. The molecule has 7 heteroatoms. The monoisotopic (exact) mass is 269 g/mol. The van der Waals surface area contributed by atoms with Gasteiger partial charge in [-0.05, 0) is 11.4 Å². The van der Waals surface area contributed by atoms with E-state index in [-0.39, 0.29) is 18.4 Å². The SMILES string of the molecule is NC(=O)c1ccsc1NC(=O)CC1CNCCO1. The molecule has 2 rings (SSSR count). The number of rotatable bonds is 4. The fraction of sp³-hybridized carbons (Fsp3) is 0.455. The molecule has 2 heterocycles. The minimum Gasteiger partial charge on any atom is -0.375 e. The van der Waals surface area contributed by atoms with Gasteiger partial charge in [0.25, 0.3) is 5.91 Å². The van der Waals surface area contributed by atoms with Crippen LogP contribution in [0.2, 0.25) is 0 Å². The van der Waals surface area contributed by atoms with Crippen molar-refractivity contribution in [2.75, 3.05) is 25.0 Å². The number of nitrogens with one attached hydrogen (secondary N) is 2. The molecule has 1 aromatic heterocycles. The van der Waals surface area contributed by atoms with Crippen molar-refractivity contribution in [1.29, 1.82) is 0 Å². The summed E-state index contributed by atoms with van der Waals surface area (Å²) in [7, 11) is 0. The van der Waals surface area contributed by atoms with Crippen molar-refractivity contribution in [3.63, 3.8) is 0 Å². The second-order valence-electron chi connectivity index (χ2n) is 3.98. The zero-order valence-electron chi connectivity index (χ0n) is 9.77. The molecular formula is C11H15N3O3S. The maximum atomic E-state index is 11.8. The fourth-order valence-electron chi connectivity index (χ4n) is 1.74. The van der Waals surface area contributed by atoms with Gasteiger partial charge < -0.3 is 21.1 Å². The van der Waals surface area contributed by atoms with Crippen molar-refractivity contribution in [1.82, 2.24) is 5.32 Å². The number of thiophene rings is 1. The topological polar surface area (TPSA) is 93.5 Å². The number of hydrogen-bond donors (Lipinski definition) is 3. The third-order valence-corrected chi connectivity index (χ3v) is 3.43. The molecule has 1 aliphatic heterocycles. The summed E-state index contributed by atoms with van der Waals surface area (Å²) in [6, 6.07) is 1.60. The Morgan fingerprint density at radius 1 is 1.61 bits per heavy atom. The molecule has 1 unspecified atom stereocenters. The summed E-state index contributed by atoms with van der Waals surface area (Å²) >= 11 is 1.28. The highest BCUT2D eigenvalue weighted by molar-refractivity contribution is 7.14. The van der Waals surface area contributed by atoms with Gasteiger partial charge in [0.05, 0.1) is 24.7 Å². The number of morpholine rings is 1. The molecule has 1 aromatic rings. The van der Waals surface area contributed by atoms with Crippen LogP contribution in [0.3, 0.4) is 0 Å². The van der Waals surface area contributed by atoms with Crippen LogP contribution in [0.15, 0.2) is 11.4 Å². The number of carbonyl (C=O) groups is 2. The highest BCUT2D eigenvalue weighted by Crippen LogP contribution is 2.23. The van der Waals surface area contributed by atoms with Crippen molar-refractivity contribution in [2.24, 2.45) is 5.73 Å². The Balaban J connectivity index is 1.90. The Morgan fingerprint density at radius 2 is 2.44 bits per heavy atom. The lowest BCUT2D eigenvalue weighted by atomic mass is 10.2. The number of anilines is 1. The largest absolute Gasteiger partial charge is 0.375 e. The van der Waals surface area contributed by atoms with Gasteiger partial charge in [0, 0.05) is 13.1 Å². The standard InChI is InChI=1S/C11H15N3O3S/c12-10(16)8-1-4-18-11(8)14-9(15)5-7-6-13-2-3-17-7/h1,4,7,13H,2-3,5-6H2,(H2,12,16)(H,14,15). The minimum absolute atomic E-state index is 0.115. The molecule has 98 valence electrons. The van der Waals surface area contributed by atoms with Gasteiger partial charge in [-0.15, -0.1) is 11.3 Å². The van der Waals surface area contributed by atoms with Crippen LogP contribution < -0.4 is 16.4 Å². The first-order chi connectivity index (χ1) is 8.66. The Labute approximate surface area is 108 Å². The molecule has 0 spiro atoms. The summed E-state index contributed by atoms with van der Waals surface area (Å²) in [5, 5.41) is 8.06. The van der Waals surface area contributed by atoms with Crippen LogP contribution in [0, 0.1) is 0 Å². The second-order valence-corrected chi connectivity index (χ2v) is 4.89. The molecule has 0 bridgehead atoms. The number of hydrogen-bond acceptors (Lipinski definition) is 5. The molecule has 2 amide bonds. The molecule has 6 nitrogen and oxygen atoms in total. The van der Waals surface area contributed by atoms with Gasteiger partial charge >= 0.3 is 0 Å². The zero-order chi connectivity index (χ0) is 13.0. The van der Waals surface area contributed by atoms with Crippen molar-refractivity contribution in [3.05, 3.63) is 17.0 Å². The predicted molar refractivity (Wildman–Crippen MR) is 68.7 cm³/mol. The fourth-order valence-corrected chi connectivity index (χ4v) is 2.54. The van der Waals surface area contributed by atoms with Gasteiger partial charge in [0.15, 0.2) is 0 Å². The molecule has 1 aliphatic rings. The van der Waals surface area contributed by atoms with E-state index in [1.807, 2.05) is 0 Å². The smallest absolute Gasteiger partial charge is 0.251 e. The maximum absolute atomic E-state index is 11.8. The molecule has 0 radical (unpaired) electrons. The molecule has 4 N–H and O–H groups in total. The first kappa shape index (κ1) is 13.0. The molecule has 1 atom stereocenters. The second kappa shape index (κ2) is 5.94. The van der Waals surface area contributed by atoms with E-state index >= 15 is 0 Å². The first-order valence-electron chi connectivity index (χ1n) is 5.66. The summed E-state index contributed by atoms with van der Waals surface area (Å²) in [6.07, 6.45) is 0.152. The van der Waals surface area contributed by atoms with Crippen LogP contribution in [-0.4, -0.2) is 37.6 Å². The van der Waals surface area contributed by atoms with Crippen LogP contribution in [0.1, 0.15) is 16.8 Å². The van der Waals surface area contributed by atoms with Crippen LogP contribution >= 0.6 is 11.3 Å². The lowest BCUT2D eigenvalue weighted by Crippen LogP contribution is -2.40. The van der Waals surface area contributed by atoms with E-state index in [9.17, 15) is 9.59 Å². The van der Waals surface area contributed by atoms with E-state index in [1.165, 1.54) is 11.3 Å². The number of nitrogens with two attached hydrogens (primary N) is 1. The van der Waals surface area contributed by atoms with Crippen molar-refractivity contribution in [2.45, 2.75) is 12.5 Å². The number of primary amides is 1. The molecule has 1 saturated heterocycles. The maximum Gasteiger partial charge on any atom is 0.251 e. The Bertz CT molecular complexity index is 440. The van der Waals surface area contributed by atoms with Gasteiger partial charge in [-0.25, -0.2) is 0 Å². The van der Waals surface area contributed by atoms with Crippen molar-refractivity contribution < 1.29 is 14.3 Å². The van der Waals surface area contributed by atoms with Gasteiger partial charge in [-0.1, -0.05) is 0 Å². The third kappa shape index (κ3) is 3.28. The number of ether oxygens (including phenoxy) is 1. The Kier molecular flexibility index (Phi) is 4.29. The molecule has 1 fully saturated rings. The molecular weight excluding hydrogens is 254 g/mol. The van der Waals surface area contributed by atoms with E-state index in [1.54, 1.807) is 11.4 Å². The van der Waals surface area contributed by atoms with E-state index in [2.05, 4.69) is 10.6 Å². The van der Waals surface area contributed by atoms with Gasteiger partial charge in [0.1, 0.15) is 5.00 Å². The Hall–Kier alpha value is -1.44. The molecule has 0 aromatic carbocycles. The van der Waals surface area contributed by atoms with E-state index in [4.69, 9.17) is 10.5 Å². The van der Waals surface area contributed by atoms with Gasteiger partial charge in [-0.3, -0.25) is 9.59 Å².